The lowest BCUT2D eigenvalue weighted by Crippen LogP contribution is -2.26. The van der Waals surface area contributed by atoms with Crippen molar-refractivity contribution in [2.24, 2.45) is 0 Å². The molecule has 0 atom stereocenters. The third-order valence-corrected chi connectivity index (χ3v) is 3.31. The van der Waals surface area contributed by atoms with Crippen LogP contribution in [0.2, 0.25) is 0 Å². The number of nitrogen functional groups attached to an aromatic ring is 1. The van der Waals surface area contributed by atoms with E-state index < -0.39 is 0 Å². The summed E-state index contributed by atoms with van der Waals surface area (Å²) in [6.45, 7) is 0.513. The Hall–Kier alpha value is -1.82. The molecule has 1 heterocycles. The van der Waals surface area contributed by atoms with Crippen LogP contribution in [0, 0.1) is 0 Å². The van der Waals surface area contributed by atoms with Crippen LogP contribution in [0.1, 0.15) is 16.1 Å². The Labute approximate surface area is 113 Å². The van der Waals surface area contributed by atoms with Gasteiger partial charge >= 0.3 is 0 Å². The van der Waals surface area contributed by atoms with Gasteiger partial charge < -0.3 is 10.6 Å². The maximum absolute atomic E-state index is 12.1. The number of carbonyl (C=O) groups excluding carboxylic acids is 1. The van der Waals surface area contributed by atoms with Gasteiger partial charge in [0.25, 0.3) is 5.91 Å². The summed E-state index contributed by atoms with van der Waals surface area (Å²) >= 11 is 3.46. The zero-order chi connectivity index (χ0) is 13.1. The number of benzene rings is 1. The minimum atomic E-state index is -0.144. The Morgan fingerprint density at radius 2 is 2.22 bits per heavy atom. The van der Waals surface area contributed by atoms with Crippen molar-refractivity contribution in [1.29, 1.82) is 0 Å². The van der Waals surface area contributed by atoms with E-state index in [0.717, 1.165) is 10.0 Å². The van der Waals surface area contributed by atoms with Crippen molar-refractivity contribution < 1.29 is 4.79 Å². The average Bonchev–Trinajstić information content (AvgIpc) is 2.78. The highest BCUT2D eigenvalue weighted by Crippen LogP contribution is 2.18. The molecule has 1 amide bonds. The van der Waals surface area contributed by atoms with Crippen molar-refractivity contribution in [2.75, 3.05) is 12.8 Å². The van der Waals surface area contributed by atoms with Crippen molar-refractivity contribution in [3.63, 3.8) is 0 Å². The topological polar surface area (TPSA) is 75.0 Å². The van der Waals surface area contributed by atoms with Gasteiger partial charge in [-0.2, -0.15) is 5.10 Å². The Morgan fingerprint density at radius 3 is 2.83 bits per heavy atom. The van der Waals surface area contributed by atoms with Crippen LogP contribution in [0.4, 0.5) is 5.82 Å². The summed E-state index contributed by atoms with van der Waals surface area (Å²) in [4.78, 5) is 13.7. The molecule has 0 aliphatic carbocycles. The largest absolute Gasteiger partial charge is 0.382 e. The van der Waals surface area contributed by atoms with E-state index in [1.807, 2.05) is 24.3 Å². The number of hydrogen-bond acceptors (Lipinski definition) is 3. The quantitative estimate of drug-likeness (QED) is 0.911. The second kappa shape index (κ2) is 5.22. The Balaban J connectivity index is 2.11. The molecule has 3 N–H and O–H groups in total. The third-order valence-electron chi connectivity index (χ3n) is 2.54. The first-order valence-corrected chi connectivity index (χ1v) is 6.17. The molecule has 0 unspecified atom stereocenters. The van der Waals surface area contributed by atoms with Crippen LogP contribution in [0.3, 0.4) is 0 Å². The zero-order valence-corrected chi connectivity index (χ0v) is 11.4. The Kier molecular flexibility index (Phi) is 3.66. The predicted octanol–water partition coefficient (Wildman–Crippen LogP) is 2.03. The maximum Gasteiger partial charge on any atom is 0.271 e. The molecule has 0 spiro atoms. The fraction of sp³-hybridized carbons (Fsp3) is 0.167. The molecule has 6 heteroatoms. The second-order valence-corrected chi connectivity index (χ2v) is 4.81. The third kappa shape index (κ3) is 2.70. The van der Waals surface area contributed by atoms with E-state index in [1.54, 1.807) is 11.9 Å². The number of halogens is 1. The SMILES string of the molecule is CN(Cc1ccccc1Br)C(=O)c1cc(N)n[nH]1. The smallest absolute Gasteiger partial charge is 0.271 e. The molecule has 0 aliphatic heterocycles. The molecular formula is C12H13BrN4O. The summed E-state index contributed by atoms with van der Waals surface area (Å²) in [6, 6.07) is 9.31. The number of rotatable bonds is 3. The van der Waals surface area contributed by atoms with Gasteiger partial charge in [0.2, 0.25) is 0 Å². The van der Waals surface area contributed by atoms with Gasteiger partial charge in [-0.15, -0.1) is 0 Å². The minimum absolute atomic E-state index is 0.144. The Morgan fingerprint density at radius 1 is 1.50 bits per heavy atom. The summed E-state index contributed by atoms with van der Waals surface area (Å²) in [5.41, 5.74) is 6.91. The van der Waals surface area contributed by atoms with Crippen LogP contribution < -0.4 is 5.73 Å². The van der Waals surface area contributed by atoms with Crippen LogP contribution in [0.15, 0.2) is 34.8 Å². The van der Waals surface area contributed by atoms with Crippen LogP contribution in [0.25, 0.3) is 0 Å². The molecule has 0 saturated heterocycles. The summed E-state index contributed by atoms with van der Waals surface area (Å²) in [7, 11) is 1.73. The standard InChI is InChI=1S/C12H13BrN4O/c1-17(7-8-4-2-3-5-9(8)13)12(18)10-6-11(14)16-15-10/h2-6H,7H2,1H3,(H3,14,15,16). The van der Waals surface area contributed by atoms with E-state index in [9.17, 15) is 4.79 Å². The minimum Gasteiger partial charge on any atom is -0.382 e. The first-order valence-electron chi connectivity index (χ1n) is 5.37. The Bertz CT molecular complexity index is 567. The molecule has 0 fully saturated rings. The van der Waals surface area contributed by atoms with Crippen LogP contribution in [-0.4, -0.2) is 28.1 Å². The van der Waals surface area contributed by atoms with Crippen molar-refractivity contribution in [3.8, 4) is 0 Å². The van der Waals surface area contributed by atoms with Crippen molar-refractivity contribution in [1.82, 2.24) is 15.1 Å². The zero-order valence-electron chi connectivity index (χ0n) is 9.85. The van der Waals surface area contributed by atoms with Gasteiger partial charge in [-0.05, 0) is 11.6 Å². The van der Waals surface area contributed by atoms with E-state index in [-0.39, 0.29) is 5.91 Å². The lowest BCUT2D eigenvalue weighted by Gasteiger charge is -2.17. The summed E-state index contributed by atoms with van der Waals surface area (Å²) < 4.78 is 0.980. The first kappa shape index (κ1) is 12.6. The molecule has 0 radical (unpaired) electrons. The number of carbonyl (C=O) groups is 1. The molecule has 0 bridgehead atoms. The van der Waals surface area contributed by atoms with Crippen molar-refractivity contribution in [3.05, 3.63) is 46.1 Å². The van der Waals surface area contributed by atoms with E-state index in [0.29, 0.717) is 18.1 Å². The van der Waals surface area contributed by atoms with Gasteiger partial charge in [-0.3, -0.25) is 9.89 Å². The van der Waals surface area contributed by atoms with Gasteiger partial charge in [0.15, 0.2) is 0 Å². The number of hydrogen-bond donors (Lipinski definition) is 2. The molecule has 2 aromatic rings. The van der Waals surface area contributed by atoms with E-state index in [2.05, 4.69) is 26.1 Å². The van der Waals surface area contributed by atoms with Gasteiger partial charge in [0.1, 0.15) is 11.5 Å². The average molecular weight is 309 g/mol. The molecule has 1 aromatic carbocycles. The van der Waals surface area contributed by atoms with E-state index >= 15 is 0 Å². The van der Waals surface area contributed by atoms with Crippen molar-refractivity contribution >= 4 is 27.7 Å². The van der Waals surface area contributed by atoms with Crippen LogP contribution >= 0.6 is 15.9 Å². The number of nitrogens with zero attached hydrogens (tertiary/aromatic N) is 2. The summed E-state index contributed by atoms with van der Waals surface area (Å²) in [6.07, 6.45) is 0. The monoisotopic (exact) mass is 308 g/mol. The highest BCUT2D eigenvalue weighted by atomic mass is 79.9. The first-order chi connectivity index (χ1) is 8.58. The van der Waals surface area contributed by atoms with Gasteiger partial charge in [0.05, 0.1) is 0 Å². The highest BCUT2D eigenvalue weighted by molar-refractivity contribution is 9.10. The molecule has 0 saturated carbocycles. The number of nitrogens with one attached hydrogen (secondary N) is 1. The molecule has 18 heavy (non-hydrogen) atoms. The predicted molar refractivity (Wildman–Crippen MR) is 72.9 cm³/mol. The second-order valence-electron chi connectivity index (χ2n) is 3.96. The molecule has 1 aromatic heterocycles. The fourth-order valence-corrected chi connectivity index (χ4v) is 2.02. The van der Waals surface area contributed by atoms with E-state index in [4.69, 9.17) is 5.73 Å². The fourth-order valence-electron chi connectivity index (χ4n) is 1.61. The lowest BCUT2D eigenvalue weighted by molar-refractivity contribution is 0.0779. The molecule has 94 valence electrons. The number of anilines is 1. The number of H-pyrrole nitrogens is 1. The van der Waals surface area contributed by atoms with Crippen LogP contribution in [0.5, 0.6) is 0 Å². The number of nitrogens with two attached hydrogens (primary N) is 1. The van der Waals surface area contributed by atoms with Gasteiger partial charge in [-0.25, -0.2) is 0 Å². The van der Waals surface area contributed by atoms with Crippen LogP contribution in [-0.2, 0) is 6.54 Å². The molecule has 5 nitrogen and oxygen atoms in total. The maximum atomic E-state index is 12.1. The number of amides is 1. The van der Waals surface area contributed by atoms with Crippen molar-refractivity contribution in [2.45, 2.75) is 6.54 Å². The summed E-state index contributed by atoms with van der Waals surface area (Å²) in [5, 5.41) is 6.35. The normalized spacial score (nSPS) is 10.3. The summed E-state index contributed by atoms with van der Waals surface area (Å²) in [5.74, 6) is 0.169. The number of aromatic amines is 1. The van der Waals surface area contributed by atoms with E-state index in [1.165, 1.54) is 6.07 Å². The molecular weight excluding hydrogens is 296 g/mol. The highest BCUT2D eigenvalue weighted by Gasteiger charge is 2.15. The lowest BCUT2D eigenvalue weighted by atomic mass is 10.2. The van der Waals surface area contributed by atoms with Gasteiger partial charge in [0, 0.05) is 24.1 Å². The molecule has 0 aliphatic rings. The number of aromatic nitrogens is 2. The van der Waals surface area contributed by atoms with Gasteiger partial charge in [-0.1, -0.05) is 34.1 Å². The molecule has 2 rings (SSSR count).